The maximum absolute atomic E-state index is 5.73. The molecule has 1 fully saturated rings. The van der Waals surface area contributed by atoms with Crippen LogP contribution in [0.25, 0.3) is 0 Å². The third-order valence-electron chi connectivity index (χ3n) is 4.25. The third kappa shape index (κ3) is 4.43. The Bertz CT molecular complexity index is 496. The maximum Gasteiger partial charge on any atom is 0.104 e. The molecular weight excluding hydrogens is 344 g/mol. The Hall–Kier alpha value is -0.610. The van der Waals surface area contributed by atoms with Gasteiger partial charge in [0.1, 0.15) is 4.99 Å². The minimum atomic E-state index is 0.455. The number of anilines is 1. The molecule has 116 valence electrons. The van der Waals surface area contributed by atoms with E-state index < -0.39 is 0 Å². The van der Waals surface area contributed by atoms with Crippen LogP contribution in [0, 0.1) is 5.92 Å². The zero-order valence-electron chi connectivity index (χ0n) is 12.9. The van der Waals surface area contributed by atoms with Gasteiger partial charge in [0.15, 0.2) is 0 Å². The van der Waals surface area contributed by atoms with Gasteiger partial charge >= 0.3 is 0 Å². The van der Waals surface area contributed by atoms with E-state index in [0.29, 0.717) is 11.0 Å². The van der Waals surface area contributed by atoms with Crippen LogP contribution >= 0.6 is 28.1 Å². The fraction of sp³-hybridized carbons (Fsp3) is 0.588. The quantitative estimate of drug-likeness (QED) is 0.725. The molecule has 2 nitrogen and oxygen atoms in total. The molecule has 1 aromatic carbocycles. The van der Waals surface area contributed by atoms with Gasteiger partial charge in [0.05, 0.1) is 5.69 Å². The van der Waals surface area contributed by atoms with Crippen molar-refractivity contribution in [3.05, 3.63) is 28.2 Å². The molecule has 0 atom stereocenters. The summed E-state index contributed by atoms with van der Waals surface area (Å²) in [5, 5.41) is 0. The molecule has 1 saturated carbocycles. The van der Waals surface area contributed by atoms with Crippen LogP contribution in [0.2, 0.25) is 0 Å². The highest BCUT2D eigenvalue weighted by atomic mass is 79.9. The van der Waals surface area contributed by atoms with Crippen LogP contribution in [0.3, 0.4) is 0 Å². The number of thiocarbonyl (C=S) groups is 1. The number of hydrogen-bond donors (Lipinski definition) is 1. The van der Waals surface area contributed by atoms with E-state index >= 15 is 0 Å². The van der Waals surface area contributed by atoms with Crippen LogP contribution in [0.15, 0.2) is 22.7 Å². The van der Waals surface area contributed by atoms with Gasteiger partial charge < -0.3 is 10.6 Å². The molecule has 2 N–H and O–H groups in total. The Morgan fingerprint density at radius 3 is 2.57 bits per heavy atom. The predicted molar refractivity (Wildman–Crippen MR) is 99.1 cm³/mol. The van der Waals surface area contributed by atoms with E-state index in [0.717, 1.165) is 22.5 Å². The smallest absolute Gasteiger partial charge is 0.104 e. The van der Waals surface area contributed by atoms with E-state index in [1.807, 2.05) is 6.07 Å². The number of nitrogens with zero attached hydrogens (tertiary/aromatic N) is 1. The van der Waals surface area contributed by atoms with E-state index in [1.165, 1.54) is 37.8 Å². The summed E-state index contributed by atoms with van der Waals surface area (Å²) in [6.45, 7) is 5.70. The lowest BCUT2D eigenvalue weighted by Gasteiger charge is -2.33. The number of nitrogens with two attached hydrogens (primary N) is 1. The summed E-state index contributed by atoms with van der Waals surface area (Å²) in [5.41, 5.74) is 7.93. The fourth-order valence-corrected chi connectivity index (χ4v) is 3.74. The zero-order chi connectivity index (χ0) is 15.4. The van der Waals surface area contributed by atoms with E-state index in [4.69, 9.17) is 18.0 Å². The van der Waals surface area contributed by atoms with Gasteiger partial charge in [-0.1, -0.05) is 38.9 Å². The molecule has 2 rings (SSSR count). The minimum Gasteiger partial charge on any atom is -0.389 e. The van der Waals surface area contributed by atoms with Crippen molar-refractivity contribution in [3.63, 3.8) is 0 Å². The molecule has 0 radical (unpaired) electrons. The summed E-state index contributed by atoms with van der Waals surface area (Å²) in [5.74, 6) is 0.726. The van der Waals surface area contributed by atoms with Gasteiger partial charge in [0.2, 0.25) is 0 Å². The first-order chi connectivity index (χ1) is 9.99. The van der Waals surface area contributed by atoms with Gasteiger partial charge in [-0.3, -0.25) is 0 Å². The van der Waals surface area contributed by atoms with Gasteiger partial charge in [-0.05, 0) is 59.3 Å². The Labute approximate surface area is 142 Å². The zero-order valence-corrected chi connectivity index (χ0v) is 15.3. The fourth-order valence-electron chi connectivity index (χ4n) is 3.01. The van der Waals surface area contributed by atoms with Crippen molar-refractivity contribution < 1.29 is 0 Å². The highest BCUT2D eigenvalue weighted by molar-refractivity contribution is 9.10. The minimum absolute atomic E-state index is 0.455. The summed E-state index contributed by atoms with van der Waals surface area (Å²) < 4.78 is 1.10. The van der Waals surface area contributed by atoms with Crippen molar-refractivity contribution in [2.24, 2.45) is 11.7 Å². The molecule has 0 aliphatic heterocycles. The van der Waals surface area contributed by atoms with E-state index in [9.17, 15) is 0 Å². The Kier molecular flexibility index (Phi) is 6.06. The van der Waals surface area contributed by atoms with Crippen molar-refractivity contribution >= 4 is 38.8 Å². The largest absolute Gasteiger partial charge is 0.389 e. The van der Waals surface area contributed by atoms with Crippen LogP contribution in [0.1, 0.15) is 51.5 Å². The number of halogens is 1. The van der Waals surface area contributed by atoms with Crippen LogP contribution in [0.5, 0.6) is 0 Å². The average molecular weight is 369 g/mol. The summed E-state index contributed by atoms with van der Waals surface area (Å²) in [6, 6.07) is 6.93. The number of rotatable bonds is 6. The second-order valence-electron chi connectivity index (χ2n) is 6.34. The van der Waals surface area contributed by atoms with Crippen molar-refractivity contribution in [1.29, 1.82) is 0 Å². The van der Waals surface area contributed by atoms with Gasteiger partial charge in [-0.2, -0.15) is 0 Å². The van der Waals surface area contributed by atoms with Crippen LogP contribution < -0.4 is 10.6 Å². The highest BCUT2D eigenvalue weighted by Gasteiger charge is 2.24. The highest BCUT2D eigenvalue weighted by Crippen LogP contribution is 2.34. The Morgan fingerprint density at radius 1 is 1.38 bits per heavy atom. The molecule has 0 amide bonds. The van der Waals surface area contributed by atoms with Gasteiger partial charge in [-0.15, -0.1) is 0 Å². The van der Waals surface area contributed by atoms with Gasteiger partial charge in [0, 0.05) is 22.6 Å². The maximum atomic E-state index is 5.73. The van der Waals surface area contributed by atoms with Crippen LogP contribution in [-0.2, 0) is 0 Å². The van der Waals surface area contributed by atoms with Crippen molar-refractivity contribution in [2.75, 3.05) is 11.4 Å². The lowest BCUT2D eigenvalue weighted by atomic mass is 10.1. The predicted octanol–water partition coefficient (Wildman–Crippen LogP) is 4.88. The second-order valence-corrected chi connectivity index (χ2v) is 7.64. The number of benzene rings is 1. The summed E-state index contributed by atoms with van der Waals surface area (Å²) >= 11 is 8.78. The van der Waals surface area contributed by atoms with Crippen LogP contribution in [-0.4, -0.2) is 17.6 Å². The Morgan fingerprint density at radius 2 is 2.05 bits per heavy atom. The molecule has 1 aromatic rings. The summed E-state index contributed by atoms with van der Waals surface area (Å²) in [6.07, 6.45) is 6.54. The molecule has 4 heteroatoms. The molecule has 0 aromatic heterocycles. The number of hydrogen-bond acceptors (Lipinski definition) is 2. The molecular formula is C17H25BrN2S. The van der Waals surface area contributed by atoms with Crippen molar-refractivity contribution in [3.8, 4) is 0 Å². The molecule has 1 aliphatic rings. The van der Waals surface area contributed by atoms with E-state index in [2.05, 4.69) is 46.8 Å². The third-order valence-corrected chi connectivity index (χ3v) is 5.13. The molecule has 1 aliphatic carbocycles. The monoisotopic (exact) mass is 368 g/mol. The normalized spacial score (nSPS) is 15.6. The topological polar surface area (TPSA) is 29.3 Å². The molecule has 0 unspecified atom stereocenters. The van der Waals surface area contributed by atoms with Gasteiger partial charge in [0.25, 0.3) is 0 Å². The van der Waals surface area contributed by atoms with Crippen molar-refractivity contribution in [2.45, 2.75) is 52.0 Å². The standard InChI is InChI=1S/C17H25BrN2S/c1-12(2)9-10-20(14-5-3-4-6-14)16-8-7-13(17(19)21)11-15(16)18/h7-8,11-12,14H,3-6,9-10H2,1-2H3,(H2,19,21). The average Bonchev–Trinajstić information content (AvgIpc) is 2.94. The lowest BCUT2D eigenvalue weighted by Crippen LogP contribution is -2.35. The molecule has 0 heterocycles. The Balaban J connectivity index is 2.24. The molecule has 0 saturated heterocycles. The van der Waals surface area contributed by atoms with E-state index in [1.54, 1.807) is 0 Å². The summed E-state index contributed by atoms with van der Waals surface area (Å²) in [7, 11) is 0. The second kappa shape index (κ2) is 7.59. The molecule has 21 heavy (non-hydrogen) atoms. The lowest BCUT2D eigenvalue weighted by molar-refractivity contribution is 0.528. The SMILES string of the molecule is CC(C)CCN(c1ccc(C(N)=S)cc1Br)C1CCCC1. The first kappa shape index (κ1) is 16.8. The summed E-state index contributed by atoms with van der Waals surface area (Å²) in [4.78, 5) is 3.04. The first-order valence-electron chi connectivity index (χ1n) is 7.85. The first-order valence-corrected chi connectivity index (χ1v) is 9.05. The molecule has 0 spiro atoms. The van der Waals surface area contributed by atoms with E-state index in [-0.39, 0.29) is 0 Å². The van der Waals surface area contributed by atoms with Gasteiger partial charge in [-0.25, -0.2) is 0 Å². The van der Waals surface area contributed by atoms with Crippen LogP contribution in [0.4, 0.5) is 5.69 Å². The molecule has 0 bridgehead atoms. The van der Waals surface area contributed by atoms with Crippen molar-refractivity contribution in [1.82, 2.24) is 0 Å².